The van der Waals surface area contributed by atoms with Crippen molar-refractivity contribution in [3.8, 4) is 5.75 Å². The molecule has 0 heterocycles. The third-order valence-electron chi connectivity index (χ3n) is 2.09. The van der Waals surface area contributed by atoms with Gasteiger partial charge in [0.15, 0.2) is 5.05 Å². The molecule has 1 rings (SSSR count). The largest absolute Gasteiger partial charge is 0.507 e. The number of aliphatic hydroxyl groups is 1. The Bertz CT molecular complexity index is 396. The molecule has 0 saturated heterocycles. The summed E-state index contributed by atoms with van der Waals surface area (Å²) in [6.45, 7) is 2.56. The fourth-order valence-corrected chi connectivity index (χ4v) is 1.40. The normalized spacial score (nSPS) is 11.1. The zero-order chi connectivity index (χ0) is 12.7. The van der Waals surface area contributed by atoms with Gasteiger partial charge in [-0.15, -0.1) is 0 Å². The van der Waals surface area contributed by atoms with Gasteiger partial charge in [-0.05, 0) is 42.9 Å². The highest BCUT2D eigenvalue weighted by molar-refractivity contribution is 7.80. The Morgan fingerprint density at radius 2 is 2.00 bits per heavy atom. The molecular formula is C13H16O3S. The highest BCUT2D eigenvalue weighted by Crippen LogP contribution is 2.16. The van der Waals surface area contributed by atoms with Gasteiger partial charge in [0.25, 0.3) is 0 Å². The average Bonchev–Trinajstić information content (AvgIpc) is 2.36. The van der Waals surface area contributed by atoms with Gasteiger partial charge >= 0.3 is 0 Å². The topological polar surface area (TPSA) is 38.7 Å². The van der Waals surface area contributed by atoms with E-state index in [0.29, 0.717) is 17.2 Å². The van der Waals surface area contributed by atoms with Gasteiger partial charge in [0.05, 0.1) is 13.7 Å². The Kier molecular flexibility index (Phi) is 5.49. The fraction of sp³-hybridized carbons (Fsp3) is 0.308. The minimum absolute atomic E-state index is 0.0914. The lowest BCUT2D eigenvalue weighted by Crippen LogP contribution is -2.00. The molecule has 1 aromatic carbocycles. The average molecular weight is 252 g/mol. The first-order valence-electron chi connectivity index (χ1n) is 5.39. The Labute approximate surface area is 107 Å². The SMILES string of the molecule is CCCOC(=S)/C=C(\O)c1ccc(OC)cc1. The first-order valence-corrected chi connectivity index (χ1v) is 5.80. The molecule has 1 aromatic rings. The second-order valence-corrected chi connectivity index (χ2v) is 3.83. The van der Waals surface area contributed by atoms with Crippen molar-refractivity contribution in [2.45, 2.75) is 13.3 Å². The van der Waals surface area contributed by atoms with Crippen LogP contribution < -0.4 is 4.74 Å². The van der Waals surface area contributed by atoms with E-state index in [9.17, 15) is 5.11 Å². The molecule has 0 amide bonds. The van der Waals surface area contributed by atoms with Gasteiger partial charge in [0, 0.05) is 11.6 Å². The van der Waals surface area contributed by atoms with Gasteiger partial charge in [0.2, 0.25) is 0 Å². The van der Waals surface area contributed by atoms with Gasteiger partial charge in [-0.2, -0.15) is 0 Å². The third kappa shape index (κ3) is 4.44. The van der Waals surface area contributed by atoms with Crippen molar-refractivity contribution >= 4 is 23.0 Å². The Balaban J connectivity index is 2.70. The Morgan fingerprint density at radius 1 is 1.35 bits per heavy atom. The number of rotatable bonds is 5. The van der Waals surface area contributed by atoms with Crippen LogP contribution in [0.4, 0.5) is 0 Å². The van der Waals surface area contributed by atoms with Crippen molar-refractivity contribution in [1.29, 1.82) is 0 Å². The summed E-state index contributed by atoms with van der Waals surface area (Å²) in [4.78, 5) is 0. The van der Waals surface area contributed by atoms with E-state index in [1.807, 2.05) is 6.92 Å². The van der Waals surface area contributed by atoms with Crippen molar-refractivity contribution in [2.75, 3.05) is 13.7 Å². The molecule has 1 N–H and O–H groups in total. The van der Waals surface area contributed by atoms with Crippen molar-refractivity contribution in [3.63, 3.8) is 0 Å². The number of benzene rings is 1. The van der Waals surface area contributed by atoms with E-state index in [1.165, 1.54) is 6.08 Å². The molecule has 0 radical (unpaired) electrons. The monoisotopic (exact) mass is 252 g/mol. The molecular weight excluding hydrogens is 236 g/mol. The van der Waals surface area contributed by atoms with Crippen LogP contribution in [0, 0.1) is 0 Å². The van der Waals surface area contributed by atoms with Crippen LogP contribution in [-0.2, 0) is 4.74 Å². The van der Waals surface area contributed by atoms with E-state index in [4.69, 9.17) is 21.7 Å². The third-order valence-corrected chi connectivity index (χ3v) is 2.32. The second-order valence-electron chi connectivity index (χ2n) is 3.43. The van der Waals surface area contributed by atoms with Gasteiger partial charge in [-0.25, -0.2) is 0 Å². The minimum atomic E-state index is 0.0914. The molecule has 0 spiro atoms. The number of ether oxygens (including phenoxy) is 2. The molecule has 0 aliphatic rings. The van der Waals surface area contributed by atoms with Crippen molar-refractivity contribution in [2.24, 2.45) is 0 Å². The van der Waals surface area contributed by atoms with E-state index < -0.39 is 0 Å². The number of methoxy groups -OCH3 is 1. The summed E-state index contributed by atoms with van der Waals surface area (Å²) in [6.07, 6.45) is 2.32. The molecule has 4 heteroatoms. The molecule has 0 atom stereocenters. The summed E-state index contributed by atoms with van der Waals surface area (Å²) < 4.78 is 10.2. The highest BCUT2D eigenvalue weighted by Gasteiger charge is 2.01. The molecule has 92 valence electrons. The van der Waals surface area contributed by atoms with Gasteiger partial charge in [0.1, 0.15) is 11.5 Å². The summed E-state index contributed by atoms with van der Waals surface area (Å²) in [6, 6.07) is 7.06. The van der Waals surface area contributed by atoms with Crippen LogP contribution in [0.3, 0.4) is 0 Å². The first kappa shape index (κ1) is 13.5. The number of hydrogen-bond donors (Lipinski definition) is 1. The van der Waals surface area contributed by atoms with Gasteiger partial charge in [-0.1, -0.05) is 6.92 Å². The van der Waals surface area contributed by atoms with Crippen LogP contribution in [0.5, 0.6) is 5.75 Å². The Morgan fingerprint density at radius 3 is 2.53 bits per heavy atom. The number of aliphatic hydroxyl groups excluding tert-OH is 1. The van der Waals surface area contributed by atoms with Crippen LogP contribution in [0.2, 0.25) is 0 Å². The lowest BCUT2D eigenvalue weighted by molar-refractivity contribution is 0.315. The van der Waals surface area contributed by atoms with E-state index >= 15 is 0 Å². The highest BCUT2D eigenvalue weighted by atomic mass is 32.1. The predicted octanol–water partition coefficient (Wildman–Crippen LogP) is 3.35. The molecule has 17 heavy (non-hydrogen) atoms. The minimum Gasteiger partial charge on any atom is -0.507 e. The van der Waals surface area contributed by atoms with Crippen LogP contribution in [0.15, 0.2) is 30.3 Å². The smallest absolute Gasteiger partial charge is 0.187 e. The molecule has 0 saturated carbocycles. The quantitative estimate of drug-likeness (QED) is 0.495. The summed E-state index contributed by atoms with van der Waals surface area (Å²) in [5.41, 5.74) is 0.674. The number of hydrogen-bond acceptors (Lipinski definition) is 4. The number of thiocarbonyl (C=S) groups is 1. The van der Waals surface area contributed by atoms with Crippen molar-refractivity contribution in [1.82, 2.24) is 0 Å². The lowest BCUT2D eigenvalue weighted by atomic mass is 10.2. The Hall–Kier alpha value is -1.55. The maximum absolute atomic E-state index is 9.81. The molecule has 0 bridgehead atoms. The summed E-state index contributed by atoms with van der Waals surface area (Å²) in [5.74, 6) is 0.833. The van der Waals surface area contributed by atoms with Crippen LogP contribution in [0.1, 0.15) is 18.9 Å². The van der Waals surface area contributed by atoms with Crippen molar-refractivity contribution in [3.05, 3.63) is 35.9 Å². The first-order chi connectivity index (χ1) is 8.17. The molecule has 0 unspecified atom stereocenters. The van der Waals surface area contributed by atoms with Crippen LogP contribution in [0.25, 0.3) is 5.76 Å². The summed E-state index contributed by atoms with van der Waals surface area (Å²) in [7, 11) is 1.60. The van der Waals surface area contributed by atoms with Crippen LogP contribution in [-0.4, -0.2) is 23.9 Å². The van der Waals surface area contributed by atoms with E-state index in [-0.39, 0.29) is 5.76 Å². The van der Waals surface area contributed by atoms with Gasteiger partial charge in [-0.3, -0.25) is 0 Å². The maximum Gasteiger partial charge on any atom is 0.187 e. The zero-order valence-corrected chi connectivity index (χ0v) is 10.8. The molecule has 0 aromatic heterocycles. The maximum atomic E-state index is 9.81. The van der Waals surface area contributed by atoms with Crippen LogP contribution >= 0.6 is 12.2 Å². The van der Waals surface area contributed by atoms with Gasteiger partial charge < -0.3 is 14.6 Å². The molecule has 0 aliphatic carbocycles. The lowest BCUT2D eigenvalue weighted by Gasteiger charge is -2.04. The standard InChI is InChI=1S/C13H16O3S/c1-3-8-16-13(17)9-12(14)10-4-6-11(15-2)7-5-10/h4-7,9,14H,3,8H2,1-2H3/b12-9-. The zero-order valence-electron chi connectivity index (χ0n) is 9.97. The van der Waals surface area contributed by atoms with Crippen molar-refractivity contribution < 1.29 is 14.6 Å². The second kappa shape index (κ2) is 6.91. The summed E-state index contributed by atoms with van der Waals surface area (Å²) in [5, 5.41) is 10.1. The molecule has 0 fully saturated rings. The molecule has 0 aliphatic heterocycles. The molecule has 3 nitrogen and oxygen atoms in total. The van der Waals surface area contributed by atoms with E-state index in [1.54, 1.807) is 31.4 Å². The summed E-state index contributed by atoms with van der Waals surface area (Å²) >= 11 is 4.96. The van der Waals surface area contributed by atoms with E-state index in [0.717, 1.165) is 12.2 Å². The predicted molar refractivity (Wildman–Crippen MR) is 72.4 cm³/mol. The van der Waals surface area contributed by atoms with E-state index in [2.05, 4.69) is 0 Å². The fourth-order valence-electron chi connectivity index (χ4n) is 1.20.